The fourth-order valence-electron chi connectivity index (χ4n) is 2.07. The van der Waals surface area contributed by atoms with Gasteiger partial charge in [-0.1, -0.05) is 35.9 Å². The van der Waals surface area contributed by atoms with E-state index >= 15 is 0 Å². The van der Waals surface area contributed by atoms with Crippen molar-refractivity contribution in [2.75, 3.05) is 0 Å². The van der Waals surface area contributed by atoms with Gasteiger partial charge in [0.1, 0.15) is 5.69 Å². The SMILES string of the molecule is N#CC(C#N)c1nc2cc3ccccc3cc2nc1Cl. The maximum absolute atomic E-state index is 8.95. The highest BCUT2D eigenvalue weighted by molar-refractivity contribution is 6.30. The van der Waals surface area contributed by atoms with Crippen LogP contribution in [0.2, 0.25) is 5.15 Å². The molecule has 0 unspecified atom stereocenters. The molecule has 0 amide bonds. The van der Waals surface area contributed by atoms with Crippen LogP contribution in [0.1, 0.15) is 11.6 Å². The van der Waals surface area contributed by atoms with Gasteiger partial charge in [-0.15, -0.1) is 0 Å². The van der Waals surface area contributed by atoms with Crippen LogP contribution in [0.25, 0.3) is 21.8 Å². The fourth-order valence-corrected chi connectivity index (χ4v) is 2.31. The van der Waals surface area contributed by atoms with E-state index in [4.69, 9.17) is 22.1 Å². The van der Waals surface area contributed by atoms with Crippen LogP contribution in [0, 0.1) is 22.7 Å². The Balaban J connectivity index is 2.32. The van der Waals surface area contributed by atoms with Crippen LogP contribution in [0.3, 0.4) is 0 Å². The van der Waals surface area contributed by atoms with E-state index < -0.39 is 5.92 Å². The number of aromatic nitrogens is 2. The van der Waals surface area contributed by atoms with Gasteiger partial charge in [0.05, 0.1) is 23.2 Å². The molecule has 0 saturated heterocycles. The van der Waals surface area contributed by atoms with Crippen LogP contribution in [0.15, 0.2) is 36.4 Å². The van der Waals surface area contributed by atoms with E-state index in [0.717, 1.165) is 10.8 Å². The highest BCUT2D eigenvalue weighted by Crippen LogP contribution is 2.26. The Morgan fingerprint density at radius 1 is 0.950 bits per heavy atom. The van der Waals surface area contributed by atoms with Gasteiger partial charge in [0, 0.05) is 0 Å². The standard InChI is InChI=1S/C15H7ClN4/c16-15-14(11(7-17)8-18)19-12-5-9-3-1-2-4-10(9)6-13(12)20-15/h1-6,11H. The minimum Gasteiger partial charge on any atom is -0.245 e. The third-order valence-corrected chi connectivity index (χ3v) is 3.32. The van der Waals surface area contributed by atoms with Crippen LogP contribution < -0.4 is 0 Å². The summed E-state index contributed by atoms with van der Waals surface area (Å²) in [4.78, 5) is 8.57. The Hall–Kier alpha value is -2.69. The molecule has 3 rings (SSSR count). The van der Waals surface area contributed by atoms with Gasteiger partial charge in [-0.25, -0.2) is 9.97 Å². The van der Waals surface area contributed by atoms with E-state index in [-0.39, 0.29) is 10.8 Å². The summed E-state index contributed by atoms with van der Waals surface area (Å²) in [7, 11) is 0. The first-order valence-electron chi connectivity index (χ1n) is 5.88. The van der Waals surface area contributed by atoms with Crippen molar-refractivity contribution in [2.24, 2.45) is 0 Å². The molecule has 0 aliphatic carbocycles. The third kappa shape index (κ3) is 1.93. The zero-order valence-electron chi connectivity index (χ0n) is 10.2. The molecule has 0 radical (unpaired) electrons. The number of hydrogen-bond donors (Lipinski definition) is 0. The molecule has 0 N–H and O–H groups in total. The summed E-state index contributed by atoms with van der Waals surface area (Å²) in [6.07, 6.45) is 0. The summed E-state index contributed by atoms with van der Waals surface area (Å²) in [5.74, 6) is -1.01. The minimum absolute atomic E-state index is 0.0980. The van der Waals surface area contributed by atoms with Crippen molar-refractivity contribution >= 4 is 33.4 Å². The minimum atomic E-state index is -1.01. The van der Waals surface area contributed by atoms with E-state index in [9.17, 15) is 0 Å². The zero-order chi connectivity index (χ0) is 14.1. The molecular formula is C15H7ClN4. The summed E-state index contributed by atoms with van der Waals surface area (Å²) >= 11 is 6.03. The molecule has 0 fully saturated rings. The largest absolute Gasteiger partial charge is 0.245 e. The number of fused-ring (bicyclic) bond motifs is 2. The molecule has 0 bridgehead atoms. The molecule has 20 heavy (non-hydrogen) atoms. The predicted molar refractivity (Wildman–Crippen MR) is 76.0 cm³/mol. The normalized spacial score (nSPS) is 10.6. The van der Waals surface area contributed by atoms with Gasteiger partial charge in [-0.3, -0.25) is 0 Å². The second-order valence-corrected chi connectivity index (χ2v) is 4.64. The maximum Gasteiger partial charge on any atom is 0.178 e. The first kappa shape index (κ1) is 12.3. The van der Waals surface area contributed by atoms with E-state index in [1.165, 1.54) is 0 Å². The summed E-state index contributed by atoms with van der Waals surface area (Å²) in [6.45, 7) is 0. The Kier molecular flexibility index (Phi) is 2.95. The van der Waals surface area contributed by atoms with Crippen molar-refractivity contribution in [1.82, 2.24) is 9.97 Å². The highest BCUT2D eigenvalue weighted by atomic mass is 35.5. The lowest BCUT2D eigenvalue weighted by molar-refractivity contribution is 1.01. The number of rotatable bonds is 1. The Labute approximate surface area is 119 Å². The summed E-state index contributed by atoms with van der Waals surface area (Å²) in [5, 5.41) is 20.1. The molecule has 0 atom stereocenters. The number of halogens is 1. The number of hydrogen-bond acceptors (Lipinski definition) is 4. The summed E-state index contributed by atoms with van der Waals surface area (Å²) in [5.41, 5.74) is 1.48. The molecule has 5 heteroatoms. The summed E-state index contributed by atoms with van der Waals surface area (Å²) < 4.78 is 0. The van der Waals surface area contributed by atoms with Gasteiger partial charge in [0.2, 0.25) is 0 Å². The third-order valence-electron chi connectivity index (χ3n) is 3.05. The van der Waals surface area contributed by atoms with Gasteiger partial charge < -0.3 is 0 Å². The van der Waals surface area contributed by atoms with E-state index in [2.05, 4.69) is 9.97 Å². The number of nitriles is 2. The molecule has 4 nitrogen and oxygen atoms in total. The molecule has 0 saturated carbocycles. The van der Waals surface area contributed by atoms with E-state index in [0.29, 0.717) is 11.0 Å². The quantitative estimate of drug-likeness (QED) is 0.638. The van der Waals surface area contributed by atoms with Crippen molar-refractivity contribution in [3.05, 3.63) is 47.2 Å². The predicted octanol–water partition coefficient (Wildman–Crippen LogP) is 3.57. The molecule has 1 aromatic heterocycles. The molecule has 2 aromatic carbocycles. The van der Waals surface area contributed by atoms with Crippen LogP contribution >= 0.6 is 11.6 Å². The Morgan fingerprint density at radius 3 is 2.05 bits per heavy atom. The molecule has 0 aliphatic heterocycles. The Bertz CT molecular complexity index is 891. The average molecular weight is 279 g/mol. The van der Waals surface area contributed by atoms with Gasteiger partial charge in [-0.2, -0.15) is 10.5 Å². The van der Waals surface area contributed by atoms with Crippen molar-refractivity contribution in [3.8, 4) is 12.1 Å². The van der Waals surface area contributed by atoms with E-state index in [1.54, 1.807) is 0 Å². The highest BCUT2D eigenvalue weighted by Gasteiger charge is 2.17. The van der Waals surface area contributed by atoms with Crippen LogP contribution in [0.5, 0.6) is 0 Å². The topological polar surface area (TPSA) is 73.4 Å². The van der Waals surface area contributed by atoms with Gasteiger partial charge in [0.25, 0.3) is 0 Å². The lowest BCUT2D eigenvalue weighted by Gasteiger charge is -2.06. The zero-order valence-corrected chi connectivity index (χ0v) is 11.0. The van der Waals surface area contributed by atoms with Crippen LogP contribution in [-0.4, -0.2) is 9.97 Å². The molecule has 3 aromatic rings. The second-order valence-electron chi connectivity index (χ2n) is 4.28. The van der Waals surface area contributed by atoms with Crippen LogP contribution in [0.4, 0.5) is 0 Å². The lowest BCUT2D eigenvalue weighted by Crippen LogP contribution is -2.00. The molecule has 94 valence electrons. The van der Waals surface area contributed by atoms with Crippen molar-refractivity contribution < 1.29 is 0 Å². The Morgan fingerprint density at radius 2 is 1.50 bits per heavy atom. The van der Waals surface area contributed by atoms with Crippen LogP contribution in [-0.2, 0) is 0 Å². The fraction of sp³-hybridized carbons (Fsp3) is 0.0667. The monoisotopic (exact) mass is 278 g/mol. The first-order valence-corrected chi connectivity index (χ1v) is 6.26. The number of nitrogens with zero attached hydrogens (tertiary/aromatic N) is 4. The molecule has 0 aliphatic rings. The van der Waals surface area contributed by atoms with Crippen molar-refractivity contribution in [1.29, 1.82) is 10.5 Å². The van der Waals surface area contributed by atoms with Crippen molar-refractivity contribution in [2.45, 2.75) is 5.92 Å². The molecule has 1 heterocycles. The van der Waals surface area contributed by atoms with Gasteiger partial charge in [0.15, 0.2) is 11.1 Å². The van der Waals surface area contributed by atoms with Gasteiger partial charge >= 0.3 is 0 Å². The van der Waals surface area contributed by atoms with E-state index in [1.807, 2.05) is 48.5 Å². The average Bonchev–Trinajstić information content (AvgIpc) is 2.47. The lowest BCUT2D eigenvalue weighted by atomic mass is 10.1. The summed E-state index contributed by atoms with van der Waals surface area (Å²) in [6, 6.07) is 15.3. The number of benzene rings is 2. The molecule has 0 spiro atoms. The maximum atomic E-state index is 8.95. The smallest absolute Gasteiger partial charge is 0.178 e. The molecular weight excluding hydrogens is 272 g/mol. The van der Waals surface area contributed by atoms with Gasteiger partial charge in [-0.05, 0) is 22.9 Å². The second kappa shape index (κ2) is 4.77. The van der Waals surface area contributed by atoms with Crippen molar-refractivity contribution in [3.63, 3.8) is 0 Å². The first-order chi connectivity index (χ1) is 9.72.